The van der Waals surface area contributed by atoms with Gasteiger partial charge in [0.25, 0.3) is 0 Å². The van der Waals surface area contributed by atoms with Gasteiger partial charge in [-0.15, -0.1) is 11.3 Å². The molecule has 1 atom stereocenters. The first-order chi connectivity index (χ1) is 12.2. The van der Waals surface area contributed by atoms with Gasteiger partial charge in [-0.25, -0.2) is 15.0 Å². The number of amides is 1. The molecule has 0 spiro atoms. The molecular weight excluding hydrogens is 336 g/mol. The van der Waals surface area contributed by atoms with E-state index in [9.17, 15) is 4.79 Å². The Bertz CT molecular complexity index is 728. The second kappa shape index (κ2) is 7.09. The summed E-state index contributed by atoms with van der Waals surface area (Å²) < 4.78 is 0. The van der Waals surface area contributed by atoms with Gasteiger partial charge in [0.2, 0.25) is 5.91 Å². The zero-order valence-electron chi connectivity index (χ0n) is 14.3. The third-order valence-electron chi connectivity index (χ3n) is 4.95. The van der Waals surface area contributed by atoms with Crippen molar-refractivity contribution in [2.75, 3.05) is 24.6 Å². The van der Waals surface area contributed by atoms with Gasteiger partial charge in [0.1, 0.15) is 12.1 Å². The van der Waals surface area contributed by atoms with E-state index in [1.165, 1.54) is 9.75 Å². The normalized spacial score (nSPS) is 21.7. The van der Waals surface area contributed by atoms with Crippen LogP contribution in [0.3, 0.4) is 0 Å². The van der Waals surface area contributed by atoms with Gasteiger partial charge in [-0.3, -0.25) is 9.63 Å². The van der Waals surface area contributed by atoms with Crippen molar-refractivity contribution >= 4 is 23.1 Å². The summed E-state index contributed by atoms with van der Waals surface area (Å²) in [4.78, 5) is 31.7. The number of piperidine rings is 1. The van der Waals surface area contributed by atoms with E-state index in [1.807, 2.05) is 6.07 Å². The Balaban J connectivity index is 1.40. The summed E-state index contributed by atoms with van der Waals surface area (Å²) in [5, 5.41) is 1.65. The van der Waals surface area contributed by atoms with Crippen LogP contribution in [0.1, 0.15) is 35.1 Å². The largest absolute Gasteiger partial charge is 0.356 e. The monoisotopic (exact) mass is 358 g/mol. The summed E-state index contributed by atoms with van der Waals surface area (Å²) in [6, 6.07) is 6.23. The minimum absolute atomic E-state index is 0.0275. The third kappa shape index (κ3) is 3.39. The van der Waals surface area contributed by atoms with E-state index in [2.05, 4.69) is 33.9 Å². The fraction of sp³-hybridized carbons (Fsp3) is 0.500. The molecule has 0 N–H and O–H groups in total. The fourth-order valence-corrected chi connectivity index (χ4v) is 4.58. The molecule has 2 aliphatic heterocycles. The van der Waals surface area contributed by atoms with Crippen molar-refractivity contribution in [1.82, 2.24) is 15.0 Å². The maximum atomic E-state index is 13.0. The smallest absolute Gasteiger partial charge is 0.249 e. The van der Waals surface area contributed by atoms with Crippen molar-refractivity contribution in [2.45, 2.75) is 32.2 Å². The Kier molecular flexibility index (Phi) is 4.67. The van der Waals surface area contributed by atoms with Crippen molar-refractivity contribution in [2.24, 2.45) is 5.92 Å². The highest BCUT2D eigenvalue weighted by Gasteiger charge is 2.37. The molecular formula is C18H22N4O2S. The molecule has 2 aromatic rings. The molecule has 0 aromatic carbocycles. The number of hydrogen-bond acceptors (Lipinski definition) is 6. The van der Waals surface area contributed by atoms with Gasteiger partial charge in [0, 0.05) is 41.4 Å². The minimum atomic E-state index is 0.0275. The maximum Gasteiger partial charge on any atom is 0.249 e. The SMILES string of the molecule is Cc1ccc([C@@H]2CCON2C(=O)C2CCN(c3ccncn3)CC2)s1. The van der Waals surface area contributed by atoms with E-state index >= 15 is 0 Å². The Morgan fingerprint density at radius 2 is 2.08 bits per heavy atom. The highest BCUT2D eigenvalue weighted by molar-refractivity contribution is 7.12. The van der Waals surface area contributed by atoms with E-state index in [-0.39, 0.29) is 17.9 Å². The molecule has 0 aliphatic carbocycles. The minimum Gasteiger partial charge on any atom is -0.356 e. The Morgan fingerprint density at radius 1 is 1.24 bits per heavy atom. The number of aryl methyl sites for hydroxylation is 1. The molecule has 4 rings (SSSR count). The van der Waals surface area contributed by atoms with Crippen LogP contribution in [-0.2, 0) is 9.63 Å². The summed E-state index contributed by atoms with van der Waals surface area (Å²) >= 11 is 1.75. The van der Waals surface area contributed by atoms with Crippen LogP contribution >= 0.6 is 11.3 Å². The molecule has 4 heterocycles. The topological polar surface area (TPSA) is 58.6 Å². The molecule has 6 nitrogen and oxygen atoms in total. The van der Waals surface area contributed by atoms with Crippen molar-refractivity contribution in [3.63, 3.8) is 0 Å². The average Bonchev–Trinajstić information content (AvgIpc) is 3.31. The van der Waals surface area contributed by atoms with Gasteiger partial charge in [-0.1, -0.05) is 0 Å². The second-order valence-corrected chi connectivity index (χ2v) is 7.90. The molecule has 7 heteroatoms. The van der Waals surface area contributed by atoms with Crippen LogP contribution in [-0.4, -0.2) is 40.6 Å². The number of hydroxylamine groups is 2. The van der Waals surface area contributed by atoms with Crippen LogP contribution in [0.15, 0.2) is 30.7 Å². The highest BCUT2D eigenvalue weighted by Crippen LogP contribution is 2.36. The lowest BCUT2D eigenvalue weighted by atomic mass is 9.95. The van der Waals surface area contributed by atoms with Gasteiger partial charge in [0.05, 0.1) is 12.6 Å². The number of anilines is 1. The summed E-state index contributed by atoms with van der Waals surface area (Å²) in [7, 11) is 0. The van der Waals surface area contributed by atoms with Crippen LogP contribution in [0.4, 0.5) is 5.82 Å². The number of carbonyl (C=O) groups is 1. The molecule has 2 saturated heterocycles. The van der Waals surface area contributed by atoms with E-state index in [4.69, 9.17) is 4.84 Å². The molecule has 0 unspecified atom stereocenters. The molecule has 2 aromatic heterocycles. The van der Waals surface area contributed by atoms with Crippen LogP contribution < -0.4 is 4.90 Å². The summed E-state index contributed by atoms with van der Waals surface area (Å²) in [5.74, 6) is 1.10. The first-order valence-corrected chi connectivity index (χ1v) is 9.57. The van der Waals surface area contributed by atoms with Gasteiger partial charge in [-0.2, -0.15) is 0 Å². The highest BCUT2D eigenvalue weighted by atomic mass is 32.1. The number of thiophene rings is 1. The lowest BCUT2D eigenvalue weighted by Crippen LogP contribution is -2.42. The van der Waals surface area contributed by atoms with Crippen molar-refractivity contribution < 1.29 is 9.63 Å². The Hall–Kier alpha value is -1.99. The van der Waals surface area contributed by atoms with E-state index in [0.29, 0.717) is 6.61 Å². The predicted molar refractivity (Wildman–Crippen MR) is 96.2 cm³/mol. The van der Waals surface area contributed by atoms with E-state index in [0.717, 1.165) is 38.2 Å². The number of carbonyl (C=O) groups excluding carboxylic acids is 1. The predicted octanol–water partition coefficient (Wildman–Crippen LogP) is 2.97. The fourth-order valence-electron chi connectivity index (χ4n) is 3.58. The van der Waals surface area contributed by atoms with Crippen molar-refractivity contribution in [1.29, 1.82) is 0 Å². The van der Waals surface area contributed by atoms with Crippen LogP contribution in [0.5, 0.6) is 0 Å². The molecule has 2 aliphatic rings. The molecule has 0 radical (unpaired) electrons. The number of nitrogens with zero attached hydrogens (tertiary/aromatic N) is 4. The van der Waals surface area contributed by atoms with E-state index < -0.39 is 0 Å². The van der Waals surface area contributed by atoms with Gasteiger partial charge >= 0.3 is 0 Å². The molecule has 1 amide bonds. The van der Waals surface area contributed by atoms with Gasteiger partial charge in [-0.05, 0) is 38.0 Å². The number of rotatable bonds is 3. The quantitative estimate of drug-likeness (QED) is 0.844. The van der Waals surface area contributed by atoms with Crippen LogP contribution in [0, 0.1) is 12.8 Å². The number of hydrogen-bond donors (Lipinski definition) is 0. The van der Waals surface area contributed by atoms with Gasteiger partial charge < -0.3 is 4.90 Å². The maximum absolute atomic E-state index is 13.0. The van der Waals surface area contributed by atoms with Crippen LogP contribution in [0.2, 0.25) is 0 Å². The van der Waals surface area contributed by atoms with Crippen molar-refractivity contribution in [3.8, 4) is 0 Å². The summed E-state index contributed by atoms with van der Waals surface area (Å²) in [5.41, 5.74) is 0. The second-order valence-electron chi connectivity index (χ2n) is 6.58. The first kappa shape index (κ1) is 16.5. The summed E-state index contributed by atoms with van der Waals surface area (Å²) in [6.45, 7) is 4.39. The Morgan fingerprint density at radius 3 is 2.76 bits per heavy atom. The Labute approximate surface area is 151 Å². The van der Waals surface area contributed by atoms with Crippen molar-refractivity contribution in [3.05, 3.63) is 40.5 Å². The standard InChI is InChI=1S/C18H22N4O2S/c1-13-2-3-16(25-13)15-7-11-24-22(15)18(23)14-5-9-21(10-6-14)17-4-8-19-12-20-17/h2-4,8,12,14-15H,5-7,9-11H2,1H3/t15-/m0/s1. The zero-order chi connectivity index (χ0) is 17.2. The molecule has 0 saturated carbocycles. The lowest BCUT2D eigenvalue weighted by Gasteiger charge is -2.34. The zero-order valence-corrected chi connectivity index (χ0v) is 15.1. The summed E-state index contributed by atoms with van der Waals surface area (Å²) in [6.07, 6.45) is 5.87. The average molecular weight is 358 g/mol. The van der Waals surface area contributed by atoms with E-state index in [1.54, 1.807) is 28.9 Å². The molecule has 132 valence electrons. The molecule has 0 bridgehead atoms. The molecule has 25 heavy (non-hydrogen) atoms. The lowest BCUT2D eigenvalue weighted by molar-refractivity contribution is -0.182. The molecule has 2 fully saturated rings. The number of aromatic nitrogens is 2. The van der Waals surface area contributed by atoms with Gasteiger partial charge in [0.15, 0.2) is 0 Å². The van der Waals surface area contributed by atoms with Crippen LogP contribution in [0.25, 0.3) is 0 Å². The first-order valence-electron chi connectivity index (χ1n) is 8.75. The third-order valence-corrected chi connectivity index (χ3v) is 6.05.